The summed E-state index contributed by atoms with van der Waals surface area (Å²) < 4.78 is 0.857. The number of nitro benzene ring substituents is 1. The molecule has 1 atom stereocenters. The Balaban J connectivity index is 1.87. The predicted octanol–water partition coefficient (Wildman–Crippen LogP) is 3.32. The average Bonchev–Trinajstić information content (AvgIpc) is 2.79. The molecule has 0 spiro atoms. The van der Waals surface area contributed by atoms with E-state index in [0.29, 0.717) is 5.56 Å². The van der Waals surface area contributed by atoms with E-state index in [1.165, 1.54) is 24.3 Å². The molecule has 1 saturated heterocycles. The molecule has 1 heterocycles. The minimum atomic E-state index is -1.25. The van der Waals surface area contributed by atoms with E-state index in [4.69, 9.17) is 0 Å². The molecule has 0 saturated carbocycles. The van der Waals surface area contributed by atoms with Gasteiger partial charge in [0, 0.05) is 16.6 Å². The van der Waals surface area contributed by atoms with Crippen LogP contribution in [0, 0.1) is 10.1 Å². The van der Waals surface area contributed by atoms with Crippen molar-refractivity contribution in [2.24, 2.45) is 0 Å². The van der Waals surface area contributed by atoms with Crippen LogP contribution in [0.15, 0.2) is 53.0 Å². The SMILES string of the molecule is C[C@@]1(c2ccc([N+](=O)[O-])cc2)NC(=O)N(Cc2cccc(Br)c2)C1=O. The average molecular weight is 404 g/mol. The van der Waals surface area contributed by atoms with E-state index in [1.807, 2.05) is 24.3 Å². The van der Waals surface area contributed by atoms with Crippen LogP contribution >= 0.6 is 15.9 Å². The highest BCUT2D eigenvalue weighted by molar-refractivity contribution is 9.10. The van der Waals surface area contributed by atoms with Crippen LogP contribution in [-0.4, -0.2) is 21.8 Å². The van der Waals surface area contributed by atoms with Gasteiger partial charge in [-0.1, -0.05) is 28.1 Å². The Labute approximate surface area is 151 Å². The summed E-state index contributed by atoms with van der Waals surface area (Å²) in [6.45, 7) is 1.74. The van der Waals surface area contributed by atoms with Gasteiger partial charge in [-0.15, -0.1) is 0 Å². The molecule has 3 rings (SSSR count). The number of hydrogen-bond acceptors (Lipinski definition) is 4. The smallest absolute Gasteiger partial charge is 0.319 e. The molecule has 2 aromatic carbocycles. The zero-order chi connectivity index (χ0) is 18.2. The summed E-state index contributed by atoms with van der Waals surface area (Å²) in [5.41, 5.74) is -0.0211. The first-order valence-electron chi connectivity index (χ1n) is 7.45. The van der Waals surface area contributed by atoms with Gasteiger partial charge in [-0.05, 0) is 42.3 Å². The maximum absolute atomic E-state index is 12.8. The van der Waals surface area contributed by atoms with Crippen molar-refractivity contribution in [1.82, 2.24) is 10.2 Å². The number of hydrogen-bond donors (Lipinski definition) is 1. The highest BCUT2D eigenvalue weighted by Crippen LogP contribution is 2.31. The first-order valence-corrected chi connectivity index (χ1v) is 8.24. The number of nitrogens with one attached hydrogen (secondary N) is 1. The fourth-order valence-corrected chi connectivity index (χ4v) is 3.22. The number of carbonyl (C=O) groups excluding carboxylic acids is 2. The molecule has 3 amide bonds. The fraction of sp³-hybridized carbons (Fsp3) is 0.176. The van der Waals surface area contributed by atoms with E-state index >= 15 is 0 Å². The Bertz CT molecular complexity index is 868. The molecule has 0 bridgehead atoms. The summed E-state index contributed by atoms with van der Waals surface area (Å²) in [4.78, 5) is 36.6. The lowest BCUT2D eigenvalue weighted by atomic mass is 9.92. The molecule has 1 N–H and O–H groups in total. The van der Waals surface area contributed by atoms with Gasteiger partial charge in [-0.2, -0.15) is 0 Å². The molecular weight excluding hydrogens is 390 g/mol. The fourth-order valence-electron chi connectivity index (χ4n) is 2.77. The number of nitrogens with zero attached hydrogens (tertiary/aromatic N) is 2. The molecule has 25 heavy (non-hydrogen) atoms. The number of urea groups is 1. The number of halogens is 1. The van der Waals surface area contributed by atoms with Gasteiger partial charge in [-0.3, -0.25) is 19.8 Å². The Morgan fingerprint density at radius 3 is 2.48 bits per heavy atom. The molecule has 1 aliphatic rings. The largest absolute Gasteiger partial charge is 0.325 e. The third-order valence-corrected chi connectivity index (χ3v) is 4.65. The van der Waals surface area contributed by atoms with Crippen LogP contribution in [0.4, 0.5) is 10.5 Å². The summed E-state index contributed by atoms with van der Waals surface area (Å²) >= 11 is 3.36. The first kappa shape index (κ1) is 17.1. The molecule has 1 fully saturated rings. The zero-order valence-corrected chi connectivity index (χ0v) is 14.8. The topological polar surface area (TPSA) is 92.6 Å². The number of benzene rings is 2. The number of amides is 3. The molecule has 7 nitrogen and oxygen atoms in total. The third-order valence-electron chi connectivity index (χ3n) is 4.16. The van der Waals surface area contributed by atoms with Gasteiger partial charge < -0.3 is 5.32 Å². The number of carbonyl (C=O) groups is 2. The van der Waals surface area contributed by atoms with Crippen molar-refractivity contribution in [3.05, 3.63) is 74.2 Å². The van der Waals surface area contributed by atoms with Gasteiger partial charge in [0.15, 0.2) is 0 Å². The number of nitro groups is 1. The second kappa shape index (κ2) is 6.29. The van der Waals surface area contributed by atoms with Crippen LogP contribution in [0.2, 0.25) is 0 Å². The maximum Gasteiger partial charge on any atom is 0.325 e. The second-order valence-corrected chi connectivity index (χ2v) is 6.80. The zero-order valence-electron chi connectivity index (χ0n) is 13.2. The van der Waals surface area contributed by atoms with Gasteiger partial charge in [0.25, 0.3) is 11.6 Å². The molecular formula is C17H14BrN3O4. The summed E-state index contributed by atoms with van der Waals surface area (Å²) in [6.07, 6.45) is 0. The summed E-state index contributed by atoms with van der Waals surface area (Å²) in [6, 6.07) is 12.5. The highest BCUT2D eigenvalue weighted by Gasteiger charge is 2.48. The standard InChI is InChI=1S/C17H14BrN3O4/c1-17(12-5-7-14(8-6-12)21(24)25)15(22)20(16(23)19-17)10-11-3-2-4-13(18)9-11/h2-9H,10H2,1H3,(H,19,23)/t17-/m0/s1. The van der Waals surface area contributed by atoms with Crippen LogP contribution < -0.4 is 5.32 Å². The lowest BCUT2D eigenvalue weighted by Gasteiger charge is -2.22. The van der Waals surface area contributed by atoms with Gasteiger partial charge in [0.1, 0.15) is 5.54 Å². The monoisotopic (exact) mass is 403 g/mol. The van der Waals surface area contributed by atoms with Crippen molar-refractivity contribution < 1.29 is 14.5 Å². The van der Waals surface area contributed by atoms with E-state index < -0.39 is 22.4 Å². The van der Waals surface area contributed by atoms with Crippen molar-refractivity contribution in [1.29, 1.82) is 0 Å². The van der Waals surface area contributed by atoms with E-state index in [9.17, 15) is 19.7 Å². The van der Waals surface area contributed by atoms with E-state index in [2.05, 4.69) is 21.2 Å². The molecule has 0 radical (unpaired) electrons. The van der Waals surface area contributed by atoms with Gasteiger partial charge in [0.05, 0.1) is 11.5 Å². The minimum absolute atomic E-state index is 0.0740. The summed E-state index contributed by atoms with van der Waals surface area (Å²) in [5.74, 6) is -0.397. The van der Waals surface area contributed by atoms with Crippen LogP contribution in [0.1, 0.15) is 18.1 Å². The van der Waals surface area contributed by atoms with E-state index in [1.54, 1.807) is 6.92 Å². The minimum Gasteiger partial charge on any atom is -0.319 e. The quantitative estimate of drug-likeness (QED) is 0.481. The van der Waals surface area contributed by atoms with Crippen molar-refractivity contribution in [2.75, 3.05) is 0 Å². The van der Waals surface area contributed by atoms with Gasteiger partial charge in [-0.25, -0.2) is 4.79 Å². The van der Waals surface area contributed by atoms with Gasteiger partial charge in [0.2, 0.25) is 0 Å². The van der Waals surface area contributed by atoms with Crippen molar-refractivity contribution in [3.8, 4) is 0 Å². The van der Waals surface area contributed by atoms with Crippen LogP contribution in [0.25, 0.3) is 0 Å². The first-order chi connectivity index (χ1) is 11.8. The van der Waals surface area contributed by atoms with Crippen LogP contribution in [0.3, 0.4) is 0 Å². The Hall–Kier alpha value is -2.74. The molecule has 128 valence electrons. The maximum atomic E-state index is 12.8. The number of imide groups is 1. The lowest BCUT2D eigenvalue weighted by molar-refractivity contribution is -0.384. The Morgan fingerprint density at radius 1 is 1.20 bits per heavy atom. The van der Waals surface area contributed by atoms with Gasteiger partial charge >= 0.3 is 6.03 Å². The lowest BCUT2D eigenvalue weighted by Crippen LogP contribution is -2.40. The van der Waals surface area contributed by atoms with Crippen molar-refractivity contribution in [3.63, 3.8) is 0 Å². The van der Waals surface area contributed by atoms with E-state index in [-0.39, 0.29) is 12.2 Å². The molecule has 0 aromatic heterocycles. The molecule has 0 aliphatic carbocycles. The molecule has 2 aromatic rings. The second-order valence-electron chi connectivity index (χ2n) is 5.88. The Kier molecular flexibility index (Phi) is 4.30. The number of non-ortho nitro benzene ring substituents is 1. The van der Waals surface area contributed by atoms with Crippen LogP contribution in [-0.2, 0) is 16.9 Å². The van der Waals surface area contributed by atoms with Crippen molar-refractivity contribution in [2.45, 2.75) is 19.0 Å². The highest BCUT2D eigenvalue weighted by atomic mass is 79.9. The van der Waals surface area contributed by atoms with E-state index in [0.717, 1.165) is 14.9 Å². The number of rotatable bonds is 4. The molecule has 1 aliphatic heterocycles. The molecule has 0 unspecified atom stereocenters. The summed E-state index contributed by atoms with van der Waals surface area (Å²) in [5, 5.41) is 13.5. The summed E-state index contributed by atoms with van der Waals surface area (Å²) in [7, 11) is 0. The van der Waals surface area contributed by atoms with Crippen LogP contribution in [0.5, 0.6) is 0 Å². The normalized spacial score (nSPS) is 19.8. The third kappa shape index (κ3) is 3.12. The molecule has 8 heteroatoms. The Morgan fingerprint density at radius 2 is 1.88 bits per heavy atom. The predicted molar refractivity (Wildman–Crippen MR) is 93.7 cm³/mol. The van der Waals surface area contributed by atoms with Crippen molar-refractivity contribution >= 4 is 33.6 Å².